The summed E-state index contributed by atoms with van der Waals surface area (Å²) in [6.07, 6.45) is 12.3. The van der Waals surface area contributed by atoms with Crippen LogP contribution >= 0.6 is 0 Å². The van der Waals surface area contributed by atoms with Crippen LogP contribution in [-0.4, -0.2) is 0 Å². The van der Waals surface area contributed by atoms with E-state index in [0.717, 1.165) is 12.3 Å². The summed E-state index contributed by atoms with van der Waals surface area (Å²) in [6, 6.07) is 10.9. The molecule has 1 unspecified atom stereocenters. The zero-order chi connectivity index (χ0) is 15.2. The Kier molecular flexibility index (Phi) is 42.9. The summed E-state index contributed by atoms with van der Waals surface area (Å²) in [5.74, 6) is 1.45. The number of allylic oxidation sites excluding steroid dienone is 4. The molecule has 0 N–H and O–H groups in total. The Morgan fingerprint density at radius 1 is 0.800 bits per heavy atom. The first-order valence-corrected chi connectivity index (χ1v) is 8.06. The molecule has 0 spiro atoms. The molecule has 1 rings (SSSR count). The summed E-state index contributed by atoms with van der Waals surface area (Å²) in [5, 5.41) is 0. The maximum Gasteiger partial charge on any atom is -0.0127 e. The molecule has 0 aliphatic heterocycles. The fraction of sp³-hybridized carbons (Fsp3) is 0.600. The van der Waals surface area contributed by atoms with Gasteiger partial charge in [-0.2, -0.15) is 0 Å². The maximum absolute atomic E-state index is 2.30. The van der Waals surface area contributed by atoms with Crippen molar-refractivity contribution in [1.29, 1.82) is 0 Å². The van der Waals surface area contributed by atoms with Gasteiger partial charge in [0.2, 0.25) is 0 Å². The van der Waals surface area contributed by atoms with Gasteiger partial charge in [-0.15, -0.1) is 0 Å². The summed E-state index contributed by atoms with van der Waals surface area (Å²) in [7, 11) is 0. The predicted molar refractivity (Wildman–Crippen MR) is 127 cm³/mol. The molecular weight excluding hydrogens is 300 g/mol. The van der Waals surface area contributed by atoms with Gasteiger partial charge in [-0.1, -0.05) is 126 Å². The van der Waals surface area contributed by atoms with Crippen LogP contribution in [-0.2, 0) is 0 Å². The molecule has 1 aromatic rings. The zero-order valence-electron chi connectivity index (χ0n) is 14.0. The van der Waals surface area contributed by atoms with E-state index in [-0.39, 0.29) is 37.1 Å². The summed E-state index contributed by atoms with van der Waals surface area (Å²) < 4.78 is 0. The molecule has 0 heterocycles. The molecule has 0 saturated carbocycles. The number of hydrogen-bond acceptors (Lipinski definition) is 0. The molecule has 0 amide bonds. The van der Waals surface area contributed by atoms with E-state index in [9.17, 15) is 0 Å². The van der Waals surface area contributed by atoms with Crippen molar-refractivity contribution < 1.29 is 0 Å². The van der Waals surface area contributed by atoms with Crippen molar-refractivity contribution in [2.75, 3.05) is 0 Å². The van der Waals surface area contributed by atoms with Crippen LogP contribution in [0.2, 0.25) is 0 Å². The Bertz CT molecular complexity index is 357. The highest BCUT2D eigenvalue weighted by Gasteiger charge is 2.10. The summed E-state index contributed by atoms with van der Waals surface area (Å²) in [5.41, 5.74) is 1.48. The smallest absolute Gasteiger partial charge is 0.0127 e. The Hall–Kier alpha value is -1.30. The van der Waals surface area contributed by atoms with Crippen LogP contribution in [0, 0.1) is 5.92 Å². The molecule has 0 aromatic heterocycles. The largest absolute Gasteiger partial charge is 0.0877 e. The van der Waals surface area contributed by atoms with Crippen LogP contribution in [0.4, 0.5) is 0 Å². The Morgan fingerprint density at radius 2 is 1.32 bits per heavy atom. The monoisotopic (exact) mass is 352 g/mol. The van der Waals surface area contributed by atoms with Gasteiger partial charge in [0.1, 0.15) is 0 Å². The number of rotatable bonds is 7. The van der Waals surface area contributed by atoms with E-state index < -0.39 is 0 Å². The average Bonchev–Trinajstić information content (AvgIpc) is 2.49. The number of benzene rings is 1. The SMILES string of the molecule is C.C.C.C.C.C/C=C\C=C/CC(CCC(C)C)c1ccccc1.CC. The van der Waals surface area contributed by atoms with Gasteiger partial charge in [-0.25, -0.2) is 0 Å². The second kappa shape index (κ2) is 27.5. The van der Waals surface area contributed by atoms with E-state index in [1.165, 1.54) is 18.4 Å². The van der Waals surface area contributed by atoms with Crippen molar-refractivity contribution in [1.82, 2.24) is 0 Å². The zero-order valence-corrected chi connectivity index (χ0v) is 14.0. The molecule has 0 bridgehead atoms. The van der Waals surface area contributed by atoms with Gasteiger partial charge in [0.25, 0.3) is 0 Å². The van der Waals surface area contributed by atoms with Gasteiger partial charge >= 0.3 is 0 Å². The van der Waals surface area contributed by atoms with E-state index in [0.29, 0.717) is 5.92 Å². The Balaban J connectivity index is -0.000000124. The van der Waals surface area contributed by atoms with Crippen molar-refractivity contribution in [2.24, 2.45) is 5.92 Å². The van der Waals surface area contributed by atoms with Crippen molar-refractivity contribution in [3.63, 3.8) is 0 Å². The fourth-order valence-corrected chi connectivity index (χ4v) is 2.11. The lowest BCUT2D eigenvalue weighted by molar-refractivity contribution is 0.501. The molecule has 1 atom stereocenters. The summed E-state index contributed by atoms with van der Waals surface area (Å²) in [6.45, 7) is 10.7. The van der Waals surface area contributed by atoms with Crippen LogP contribution in [0.25, 0.3) is 0 Å². The highest BCUT2D eigenvalue weighted by molar-refractivity contribution is 5.20. The third-order valence-corrected chi connectivity index (χ3v) is 3.22. The maximum atomic E-state index is 2.30. The van der Waals surface area contributed by atoms with E-state index in [1.54, 1.807) is 0 Å². The van der Waals surface area contributed by atoms with Gasteiger partial charge in [-0.05, 0) is 37.2 Å². The molecule has 0 radical (unpaired) electrons. The summed E-state index contributed by atoms with van der Waals surface area (Å²) >= 11 is 0. The van der Waals surface area contributed by atoms with Gasteiger partial charge in [0.05, 0.1) is 0 Å². The third-order valence-electron chi connectivity index (χ3n) is 3.22. The van der Waals surface area contributed by atoms with E-state index >= 15 is 0 Å². The minimum Gasteiger partial charge on any atom is -0.0877 e. The minimum absolute atomic E-state index is 0. The van der Waals surface area contributed by atoms with Crippen molar-refractivity contribution in [2.45, 2.75) is 96.9 Å². The van der Waals surface area contributed by atoms with Gasteiger partial charge < -0.3 is 0 Å². The van der Waals surface area contributed by atoms with E-state index in [4.69, 9.17) is 0 Å². The standard InChI is InChI=1S/C18H26.C2H6.5CH4/c1-4-5-6-8-13-18(15-14-16(2)3)17-11-9-7-10-12-17;1-2;;;;;/h4-12,16,18H,13-15H2,1-3H3;1-2H3;5*1H4/b5-4-,8-6-;;;;;;. The molecule has 0 fully saturated rings. The molecule has 152 valence electrons. The first kappa shape index (κ1) is 39.0. The predicted octanol–water partition coefficient (Wildman–Crippen LogP) is 9.94. The van der Waals surface area contributed by atoms with Gasteiger partial charge in [0, 0.05) is 0 Å². The van der Waals surface area contributed by atoms with Crippen molar-refractivity contribution >= 4 is 0 Å². The lowest BCUT2D eigenvalue weighted by Gasteiger charge is -2.16. The molecule has 1 aromatic carbocycles. The highest BCUT2D eigenvalue weighted by atomic mass is 14.1. The highest BCUT2D eigenvalue weighted by Crippen LogP contribution is 2.27. The fourth-order valence-electron chi connectivity index (χ4n) is 2.11. The van der Waals surface area contributed by atoms with Crippen LogP contribution in [0.5, 0.6) is 0 Å². The number of hydrogen-bond donors (Lipinski definition) is 0. The first-order chi connectivity index (χ1) is 9.74. The van der Waals surface area contributed by atoms with Crippen LogP contribution in [0.15, 0.2) is 54.6 Å². The topological polar surface area (TPSA) is 0 Å². The quantitative estimate of drug-likeness (QED) is 0.428. The molecule has 0 nitrogen and oxygen atoms in total. The van der Waals surface area contributed by atoms with Crippen LogP contribution in [0.1, 0.15) is 102 Å². The molecule has 0 heteroatoms. The molecule has 0 aliphatic rings. The Labute approximate surface area is 163 Å². The van der Waals surface area contributed by atoms with Gasteiger partial charge in [0.15, 0.2) is 0 Å². The molecule has 25 heavy (non-hydrogen) atoms. The first-order valence-electron chi connectivity index (χ1n) is 8.06. The average molecular weight is 353 g/mol. The van der Waals surface area contributed by atoms with Crippen LogP contribution in [0.3, 0.4) is 0 Å². The minimum atomic E-state index is 0. The van der Waals surface area contributed by atoms with Crippen molar-refractivity contribution in [3.05, 3.63) is 60.2 Å². The normalized spacial score (nSPS) is 10.2. The second-order valence-electron chi connectivity index (χ2n) is 5.27. The molecule has 0 saturated heterocycles. The molecule has 0 aliphatic carbocycles. The lowest BCUT2D eigenvalue weighted by atomic mass is 9.89. The summed E-state index contributed by atoms with van der Waals surface area (Å²) in [4.78, 5) is 0. The second-order valence-corrected chi connectivity index (χ2v) is 5.27. The van der Waals surface area contributed by atoms with Crippen LogP contribution < -0.4 is 0 Å². The Morgan fingerprint density at radius 3 is 1.76 bits per heavy atom. The lowest BCUT2D eigenvalue weighted by Crippen LogP contribution is -2.00. The van der Waals surface area contributed by atoms with E-state index in [1.807, 2.05) is 13.8 Å². The van der Waals surface area contributed by atoms with Gasteiger partial charge in [-0.3, -0.25) is 0 Å². The van der Waals surface area contributed by atoms with E-state index in [2.05, 4.69) is 75.4 Å². The third kappa shape index (κ3) is 20.7. The molecular formula is C25H52. The van der Waals surface area contributed by atoms with Crippen molar-refractivity contribution in [3.8, 4) is 0 Å².